The van der Waals surface area contributed by atoms with Gasteiger partial charge in [-0.2, -0.15) is 0 Å². The van der Waals surface area contributed by atoms with Crippen LogP contribution in [-0.2, 0) is 14.4 Å². The molecule has 0 bridgehead atoms. The Kier molecular flexibility index (Phi) is 4.47. The molecule has 0 saturated carbocycles. The molecule has 0 aliphatic carbocycles. The molecule has 0 unspecified atom stereocenters. The first-order valence-electron chi connectivity index (χ1n) is 8.57. The molecule has 2 amide bonds. The van der Waals surface area contributed by atoms with Crippen LogP contribution in [0.4, 0.5) is 5.69 Å². The standard InChI is InChI=1S/C20H17ClN2O5/c1-10-13(21)5-4-6-14(10)23-19(24)16-17(22-28-18(16)20(23)25)12-9-11(26-2)7-8-15(12)27-3/h4-9,16,18H,1-3H3/t16-,18+/m1/s1. The van der Waals surface area contributed by atoms with Crippen molar-refractivity contribution < 1.29 is 23.9 Å². The number of nitrogens with zero attached hydrogens (tertiary/aromatic N) is 2. The highest BCUT2D eigenvalue weighted by Crippen LogP contribution is 2.39. The largest absolute Gasteiger partial charge is 0.497 e. The van der Waals surface area contributed by atoms with Crippen molar-refractivity contribution in [2.45, 2.75) is 13.0 Å². The van der Waals surface area contributed by atoms with E-state index in [1.165, 1.54) is 14.2 Å². The van der Waals surface area contributed by atoms with E-state index in [0.29, 0.717) is 39.0 Å². The molecule has 1 fully saturated rings. The highest BCUT2D eigenvalue weighted by molar-refractivity contribution is 6.35. The third-order valence-electron chi connectivity index (χ3n) is 4.97. The zero-order valence-corrected chi connectivity index (χ0v) is 16.2. The van der Waals surface area contributed by atoms with Crippen molar-refractivity contribution in [1.29, 1.82) is 0 Å². The van der Waals surface area contributed by atoms with Crippen molar-refractivity contribution in [1.82, 2.24) is 0 Å². The molecule has 2 aromatic carbocycles. The molecule has 4 rings (SSSR count). The monoisotopic (exact) mass is 400 g/mol. The van der Waals surface area contributed by atoms with Crippen LogP contribution in [0, 0.1) is 12.8 Å². The van der Waals surface area contributed by atoms with E-state index in [4.69, 9.17) is 25.9 Å². The van der Waals surface area contributed by atoms with E-state index < -0.39 is 23.8 Å². The Bertz CT molecular complexity index is 1020. The van der Waals surface area contributed by atoms with Crippen LogP contribution in [-0.4, -0.2) is 37.8 Å². The maximum absolute atomic E-state index is 13.2. The second-order valence-corrected chi connectivity index (χ2v) is 6.85. The molecular formula is C20H17ClN2O5. The fourth-order valence-electron chi connectivity index (χ4n) is 3.49. The number of benzene rings is 2. The van der Waals surface area contributed by atoms with Gasteiger partial charge in [0.2, 0.25) is 12.0 Å². The van der Waals surface area contributed by atoms with Gasteiger partial charge in [-0.1, -0.05) is 22.8 Å². The third kappa shape index (κ3) is 2.62. The van der Waals surface area contributed by atoms with Gasteiger partial charge in [-0.15, -0.1) is 0 Å². The predicted molar refractivity (Wildman–Crippen MR) is 103 cm³/mol. The second-order valence-electron chi connectivity index (χ2n) is 6.44. The smallest absolute Gasteiger partial charge is 0.278 e. The molecule has 2 aromatic rings. The molecule has 28 heavy (non-hydrogen) atoms. The second kappa shape index (κ2) is 6.83. The molecule has 0 N–H and O–H groups in total. The van der Waals surface area contributed by atoms with E-state index in [2.05, 4.69) is 5.16 Å². The summed E-state index contributed by atoms with van der Waals surface area (Å²) in [5.74, 6) is -0.683. The Balaban J connectivity index is 1.77. The molecule has 0 spiro atoms. The molecule has 7 nitrogen and oxygen atoms in total. The maximum Gasteiger partial charge on any atom is 0.278 e. The Morgan fingerprint density at radius 3 is 2.61 bits per heavy atom. The summed E-state index contributed by atoms with van der Waals surface area (Å²) in [5, 5.41) is 4.50. The first-order valence-corrected chi connectivity index (χ1v) is 8.94. The van der Waals surface area contributed by atoms with Crippen LogP contribution in [0.5, 0.6) is 11.5 Å². The lowest BCUT2D eigenvalue weighted by atomic mass is 9.93. The summed E-state index contributed by atoms with van der Waals surface area (Å²) in [6.45, 7) is 1.76. The van der Waals surface area contributed by atoms with E-state index in [9.17, 15) is 9.59 Å². The lowest BCUT2D eigenvalue weighted by Gasteiger charge is -2.18. The van der Waals surface area contributed by atoms with Crippen molar-refractivity contribution in [2.75, 3.05) is 19.1 Å². The minimum absolute atomic E-state index is 0.335. The zero-order valence-electron chi connectivity index (χ0n) is 15.4. The van der Waals surface area contributed by atoms with E-state index in [-0.39, 0.29) is 0 Å². The van der Waals surface area contributed by atoms with Gasteiger partial charge in [0.05, 0.1) is 19.9 Å². The van der Waals surface area contributed by atoms with Crippen molar-refractivity contribution in [2.24, 2.45) is 11.1 Å². The van der Waals surface area contributed by atoms with Crippen molar-refractivity contribution in [3.8, 4) is 11.5 Å². The molecule has 2 heterocycles. The molecule has 2 atom stereocenters. The number of methoxy groups -OCH3 is 2. The Morgan fingerprint density at radius 2 is 1.89 bits per heavy atom. The number of fused-ring (bicyclic) bond motifs is 1. The predicted octanol–water partition coefficient (Wildman–Crippen LogP) is 2.96. The van der Waals surface area contributed by atoms with Crippen LogP contribution in [0.2, 0.25) is 5.02 Å². The highest BCUT2D eigenvalue weighted by Gasteiger charge is 2.56. The van der Waals surface area contributed by atoms with Gasteiger partial charge < -0.3 is 14.3 Å². The van der Waals surface area contributed by atoms with Crippen molar-refractivity contribution in [3.05, 3.63) is 52.5 Å². The number of carbonyl (C=O) groups excluding carboxylic acids is 2. The maximum atomic E-state index is 13.2. The summed E-state index contributed by atoms with van der Waals surface area (Å²) < 4.78 is 10.7. The molecule has 0 aromatic heterocycles. The van der Waals surface area contributed by atoms with Gasteiger partial charge in [0, 0.05) is 10.6 Å². The highest BCUT2D eigenvalue weighted by atomic mass is 35.5. The van der Waals surface area contributed by atoms with Crippen LogP contribution >= 0.6 is 11.6 Å². The molecule has 1 saturated heterocycles. The van der Waals surface area contributed by atoms with Crippen LogP contribution in [0.1, 0.15) is 11.1 Å². The zero-order chi connectivity index (χ0) is 20.0. The topological polar surface area (TPSA) is 77.4 Å². The van der Waals surface area contributed by atoms with Gasteiger partial charge in [-0.25, -0.2) is 4.90 Å². The summed E-state index contributed by atoms with van der Waals surface area (Å²) in [7, 11) is 3.05. The summed E-state index contributed by atoms with van der Waals surface area (Å²) in [5.41, 5.74) is 1.96. The fraction of sp³-hybridized carbons (Fsp3) is 0.250. The number of carbonyl (C=O) groups is 2. The lowest BCUT2D eigenvalue weighted by molar-refractivity contribution is -0.126. The number of rotatable bonds is 4. The number of oxime groups is 1. The van der Waals surface area contributed by atoms with Crippen molar-refractivity contribution >= 4 is 34.8 Å². The fourth-order valence-corrected chi connectivity index (χ4v) is 3.66. The molecule has 8 heteroatoms. The van der Waals surface area contributed by atoms with Crippen LogP contribution < -0.4 is 14.4 Å². The lowest BCUT2D eigenvalue weighted by Crippen LogP contribution is -2.33. The number of ether oxygens (including phenoxy) is 2. The number of hydrogen-bond acceptors (Lipinski definition) is 6. The van der Waals surface area contributed by atoms with E-state index in [0.717, 1.165) is 4.90 Å². The molecular weight excluding hydrogens is 384 g/mol. The van der Waals surface area contributed by atoms with Crippen LogP contribution in [0.15, 0.2) is 41.6 Å². The molecule has 144 valence electrons. The Morgan fingerprint density at radius 1 is 1.11 bits per heavy atom. The summed E-state index contributed by atoms with van der Waals surface area (Å²) in [6, 6.07) is 10.2. The van der Waals surface area contributed by atoms with E-state index >= 15 is 0 Å². The summed E-state index contributed by atoms with van der Waals surface area (Å²) >= 11 is 6.17. The summed E-state index contributed by atoms with van der Waals surface area (Å²) in [6.07, 6.45) is -1.02. The quantitative estimate of drug-likeness (QED) is 0.737. The summed E-state index contributed by atoms with van der Waals surface area (Å²) in [4.78, 5) is 32.6. The average Bonchev–Trinajstić information content (AvgIpc) is 3.24. The average molecular weight is 401 g/mol. The first-order chi connectivity index (χ1) is 13.5. The van der Waals surface area contributed by atoms with Gasteiger partial charge in [0.25, 0.3) is 5.91 Å². The Hall–Kier alpha value is -3.06. The molecule has 0 radical (unpaired) electrons. The van der Waals surface area contributed by atoms with Gasteiger partial charge in [-0.05, 0) is 42.8 Å². The van der Waals surface area contributed by atoms with Gasteiger partial charge in [0.1, 0.15) is 23.1 Å². The Labute approximate surface area is 166 Å². The molecule has 2 aliphatic heterocycles. The van der Waals surface area contributed by atoms with Crippen LogP contribution in [0.3, 0.4) is 0 Å². The molecule has 2 aliphatic rings. The number of anilines is 1. The van der Waals surface area contributed by atoms with Gasteiger partial charge in [0.15, 0.2) is 0 Å². The van der Waals surface area contributed by atoms with E-state index in [1.807, 2.05) is 0 Å². The van der Waals surface area contributed by atoms with Gasteiger partial charge >= 0.3 is 0 Å². The van der Waals surface area contributed by atoms with Crippen molar-refractivity contribution in [3.63, 3.8) is 0 Å². The minimum Gasteiger partial charge on any atom is -0.497 e. The van der Waals surface area contributed by atoms with Gasteiger partial charge in [-0.3, -0.25) is 9.59 Å². The first kappa shape index (κ1) is 18.3. The number of halogens is 1. The normalized spacial score (nSPS) is 20.7. The SMILES string of the molecule is COc1ccc(OC)c(C2=NO[C@@H]3C(=O)N(c4cccc(Cl)c4C)C(=O)[C@H]23)c1. The number of hydrogen-bond donors (Lipinski definition) is 0. The number of imide groups is 1. The minimum atomic E-state index is -1.02. The number of amides is 2. The van der Waals surface area contributed by atoms with Crippen LogP contribution in [0.25, 0.3) is 0 Å². The van der Waals surface area contributed by atoms with E-state index in [1.54, 1.807) is 43.3 Å². The third-order valence-corrected chi connectivity index (χ3v) is 5.38.